The van der Waals surface area contributed by atoms with Gasteiger partial charge >= 0.3 is 0 Å². The van der Waals surface area contributed by atoms with Gasteiger partial charge in [-0.05, 0) is 18.8 Å². The molecule has 0 fully saturated rings. The summed E-state index contributed by atoms with van der Waals surface area (Å²) in [6, 6.07) is 0. The van der Waals surface area contributed by atoms with Gasteiger partial charge in [-0.25, -0.2) is 0 Å². The van der Waals surface area contributed by atoms with Gasteiger partial charge in [0.25, 0.3) is 0 Å². The lowest BCUT2D eigenvalue weighted by atomic mass is 9.91. The monoisotopic (exact) mass is 165 g/mol. The summed E-state index contributed by atoms with van der Waals surface area (Å²) in [6.07, 6.45) is 8.92. The lowest BCUT2D eigenvalue weighted by Crippen LogP contribution is -2.16. The van der Waals surface area contributed by atoms with Crippen molar-refractivity contribution in [1.29, 1.82) is 0 Å². The third kappa shape index (κ3) is 2.53. The van der Waals surface area contributed by atoms with Crippen LogP contribution in [0.25, 0.3) is 0 Å². The average Bonchev–Trinajstić information content (AvgIpc) is 2.05. The molecule has 1 amide bonds. The molecule has 0 spiro atoms. The maximum Gasteiger partial charge on any atom is 0.218 e. The van der Waals surface area contributed by atoms with Crippen LogP contribution in [-0.2, 0) is 4.79 Å². The van der Waals surface area contributed by atoms with E-state index in [1.807, 2.05) is 0 Å². The van der Waals surface area contributed by atoms with Gasteiger partial charge in [-0.2, -0.15) is 0 Å². The number of nitrogens with two attached hydrogens (primary N) is 1. The first-order chi connectivity index (χ1) is 5.70. The van der Waals surface area contributed by atoms with Crippen molar-refractivity contribution in [2.24, 2.45) is 11.7 Å². The highest BCUT2D eigenvalue weighted by molar-refractivity contribution is 5.74. The Kier molecular flexibility index (Phi) is 3.09. The quantitative estimate of drug-likeness (QED) is 0.680. The Balaban J connectivity index is 2.51. The number of primary amides is 1. The molecule has 1 aliphatic carbocycles. The highest BCUT2D eigenvalue weighted by Crippen LogP contribution is 2.22. The zero-order valence-corrected chi connectivity index (χ0v) is 7.42. The summed E-state index contributed by atoms with van der Waals surface area (Å²) in [4.78, 5) is 10.6. The van der Waals surface area contributed by atoms with Crippen molar-refractivity contribution in [3.05, 3.63) is 23.8 Å². The number of amides is 1. The highest BCUT2D eigenvalue weighted by atomic mass is 16.1. The van der Waals surface area contributed by atoms with Crippen LogP contribution in [0.4, 0.5) is 0 Å². The lowest BCUT2D eigenvalue weighted by Gasteiger charge is -2.15. The Labute approximate surface area is 73.1 Å². The van der Waals surface area contributed by atoms with Crippen LogP contribution in [-0.4, -0.2) is 5.91 Å². The Morgan fingerprint density at radius 2 is 2.50 bits per heavy atom. The SMILES string of the molecule is CC(CC(N)=O)C1=CC=CCC1. The van der Waals surface area contributed by atoms with Gasteiger partial charge < -0.3 is 5.73 Å². The predicted octanol–water partition coefficient (Wildman–Crippen LogP) is 1.77. The molecule has 0 bridgehead atoms. The van der Waals surface area contributed by atoms with Crippen molar-refractivity contribution >= 4 is 5.91 Å². The summed E-state index contributed by atoms with van der Waals surface area (Å²) in [7, 11) is 0. The summed E-state index contributed by atoms with van der Waals surface area (Å²) < 4.78 is 0. The molecular formula is C10H15NO. The molecule has 2 N–H and O–H groups in total. The normalized spacial score (nSPS) is 18.6. The first-order valence-electron chi connectivity index (χ1n) is 4.34. The number of hydrogen-bond donors (Lipinski definition) is 1. The van der Waals surface area contributed by atoms with Crippen LogP contribution >= 0.6 is 0 Å². The molecule has 0 saturated carbocycles. The standard InChI is InChI=1S/C10H15NO/c1-8(7-10(11)12)9-5-3-2-4-6-9/h2-3,5,8H,4,6-7H2,1H3,(H2,11,12). The number of carbonyl (C=O) groups excluding carboxylic acids is 1. The van der Waals surface area contributed by atoms with E-state index in [1.54, 1.807) is 0 Å². The van der Waals surface area contributed by atoms with Crippen LogP contribution in [0.2, 0.25) is 0 Å². The maximum atomic E-state index is 10.6. The van der Waals surface area contributed by atoms with Crippen molar-refractivity contribution in [3.8, 4) is 0 Å². The lowest BCUT2D eigenvalue weighted by molar-refractivity contribution is -0.118. The van der Waals surface area contributed by atoms with E-state index in [0.717, 1.165) is 12.8 Å². The second-order valence-corrected chi connectivity index (χ2v) is 3.28. The van der Waals surface area contributed by atoms with Crippen molar-refractivity contribution < 1.29 is 4.79 Å². The van der Waals surface area contributed by atoms with E-state index in [0.29, 0.717) is 12.3 Å². The first kappa shape index (κ1) is 9.04. The summed E-state index contributed by atoms with van der Waals surface area (Å²) in [5, 5.41) is 0. The Morgan fingerprint density at radius 1 is 1.75 bits per heavy atom. The largest absolute Gasteiger partial charge is 0.370 e. The Morgan fingerprint density at radius 3 is 3.00 bits per heavy atom. The Bertz CT molecular complexity index is 228. The van der Waals surface area contributed by atoms with Crippen molar-refractivity contribution in [1.82, 2.24) is 0 Å². The van der Waals surface area contributed by atoms with Gasteiger partial charge in [0.05, 0.1) is 0 Å². The third-order valence-corrected chi connectivity index (χ3v) is 2.19. The van der Waals surface area contributed by atoms with Crippen LogP contribution in [0.15, 0.2) is 23.8 Å². The van der Waals surface area contributed by atoms with Gasteiger partial charge in [-0.15, -0.1) is 0 Å². The van der Waals surface area contributed by atoms with E-state index in [4.69, 9.17) is 5.73 Å². The molecule has 1 rings (SSSR count). The topological polar surface area (TPSA) is 43.1 Å². The summed E-state index contributed by atoms with van der Waals surface area (Å²) in [6.45, 7) is 2.05. The molecule has 2 nitrogen and oxygen atoms in total. The van der Waals surface area contributed by atoms with Crippen LogP contribution < -0.4 is 5.73 Å². The zero-order valence-electron chi connectivity index (χ0n) is 7.42. The second-order valence-electron chi connectivity index (χ2n) is 3.28. The number of rotatable bonds is 3. The number of hydrogen-bond acceptors (Lipinski definition) is 1. The fourth-order valence-corrected chi connectivity index (χ4v) is 1.46. The highest BCUT2D eigenvalue weighted by Gasteiger charge is 2.11. The summed E-state index contributed by atoms with van der Waals surface area (Å²) in [5.41, 5.74) is 6.46. The van der Waals surface area contributed by atoms with Gasteiger partial charge in [0.15, 0.2) is 0 Å². The predicted molar refractivity (Wildman–Crippen MR) is 49.4 cm³/mol. The molecule has 1 atom stereocenters. The van der Waals surface area contributed by atoms with Gasteiger partial charge in [-0.1, -0.05) is 30.7 Å². The minimum absolute atomic E-state index is 0.210. The van der Waals surface area contributed by atoms with Crippen molar-refractivity contribution in [2.45, 2.75) is 26.2 Å². The van der Waals surface area contributed by atoms with Crippen LogP contribution in [0.1, 0.15) is 26.2 Å². The summed E-state index contributed by atoms with van der Waals surface area (Å²) >= 11 is 0. The molecule has 0 aromatic carbocycles. The van der Waals surface area contributed by atoms with E-state index in [9.17, 15) is 4.79 Å². The first-order valence-corrected chi connectivity index (χ1v) is 4.34. The molecule has 0 saturated heterocycles. The van der Waals surface area contributed by atoms with Crippen LogP contribution in [0, 0.1) is 5.92 Å². The molecule has 12 heavy (non-hydrogen) atoms. The molecule has 1 aliphatic rings. The van der Waals surface area contributed by atoms with Gasteiger partial charge in [0, 0.05) is 6.42 Å². The second kappa shape index (κ2) is 4.10. The van der Waals surface area contributed by atoms with E-state index < -0.39 is 0 Å². The van der Waals surface area contributed by atoms with Gasteiger partial charge in [0.2, 0.25) is 5.91 Å². The van der Waals surface area contributed by atoms with Crippen LogP contribution in [0.5, 0.6) is 0 Å². The smallest absolute Gasteiger partial charge is 0.218 e. The molecule has 2 heteroatoms. The summed E-state index contributed by atoms with van der Waals surface area (Å²) in [5.74, 6) is 0.102. The molecule has 0 aliphatic heterocycles. The van der Waals surface area contributed by atoms with E-state index in [-0.39, 0.29) is 5.91 Å². The molecule has 1 unspecified atom stereocenters. The Hall–Kier alpha value is -1.05. The minimum Gasteiger partial charge on any atom is -0.370 e. The fraction of sp³-hybridized carbons (Fsp3) is 0.500. The molecule has 0 aromatic heterocycles. The molecule has 66 valence electrons. The van der Waals surface area contributed by atoms with Crippen LogP contribution in [0.3, 0.4) is 0 Å². The maximum absolute atomic E-state index is 10.6. The van der Waals surface area contributed by atoms with Crippen molar-refractivity contribution in [2.75, 3.05) is 0 Å². The fourth-order valence-electron chi connectivity index (χ4n) is 1.46. The van der Waals surface area contributed by atoms with E-state index >= 15 is 0 Å². The van der Waals surface area contributed by atoms with E-state index in [2.05, 4.69) is 25.2 Å². The van der Waals surface area contributed by atoms with Gasteiger partial charge in [-0.3, -0.25) is 4.79 Å². The van der Waals surface area contributed by atoms with Gasteiger partial charge in [0.1, 0.15) is 0 Å². The minimum atomic E-state index is -0.210. The molecule has 0 radical (unpaired) electrons. The number of carbonyl (C=O) groups is 1. The number of allylic oxidation sites excluding steroid dienone is 4. The van der Waals surface area contributed by atoms with E-state index in [1.165, 1.54) is 5.57 Å². The molecule has 0 heterocycles. The zero-order chi connectivity index (χ0) is 8.97. The third-order valence-electron chi connectivity index (χ3n) is 2.19. The van der Waals surface area contributed by atoms with Crippen molar-refractivity contribution in [3.63, 3.8) is 0 Å². The average molecular weight is 165 g/mol. The molecule has 0 aromatic rings. The molecular weight excluding hydrogens is 150 g/mol.